The molecule has 0 aliphatic heterocycles. The third-order valence-electron chi connectivity index (χ3n) is 3.50. The number of halogens is 1. The molecule has 1 aromatic carbocycles. The fourth-order valence-corrected chi connectivity index (χ4v) is 2.09. The fraction of sp³-hybridized carbons (Fsp3) is 0.625. The molecular weight excluding hydrogens is 239 g/mol. The molecule has 0 aliphatic rings. The lowest BCUT2D eigenvalue weighted by molar-refractivity contribution is 0.581. The molecule has 108 valence electrons. The number of nitrogens with two attached hydrogens (primary N) is 1. The Morgan fingerprint density at radius 2 is 2.00 bits per heavy atom. The topological polar surface area (TPSA) is 29.3 Å². The van der Waals surface area contributed by atoms with Crippen LogP contribution in [0.3, 0.4) is 0 Å². The van der Waals surface area contributed by atoms with Crippen molar-refractivity contribution in [3.63, 3.8) is 0 Å². The molecule has 1 rings (SSSR count). The van der Waals surface area contributed by atoms with Crippen molar-refractivity contribution < 1.29 is 4.39 Å². The lowest BCUT2D eigenvalue weighted by Gasteiger charge is -2.24. The van der Waals surface area contributed by atoms with Crippen LogP contribution in [0.15, 0.2) is 18.2 Å². The molecule has 3 heteroatoms. The largest absolute Gasteiger partial charge is 0.374 e. The summed E-state index contributed by atoms with van der Waals surface area (Å²) in [6.07, 6.45) is 2.77. The molecule has 1 aromatic rings. The molecule has 0 aliphatic carbocycles. The molecule has 0 radical (unpaired) electrons. The summed E-state index contributed by atoms with van der Waals surface area (Å²) in [5.41, 5.74) is 8.12. The molecule has 19 heavy (non-hydrogen) atoms. The Morgan fingerprint density at radius 3 is 2.58 bits per heavy atom. The molecule has 0 amide bonds. The third-order valence-corrected chi connectivity index (χ3v) is 3.50. The summed E-state index contributed by atoms with van der Waals surface area (Å²) in [5, 5.41) is 0. The molecule has 1 unspecified atom stereocenters. The number of nitrogens with zero attached hydrogens (tertiary/aromatic N) is 1. The van der Waals surface area contributed by atoms with Gasteiger partial charge in [0.2, 0.25) is 0 Å². The zero-order valence-corrected chi connectivity index (χ0v) is 12.6. The first-order valence-electron chi connectivity index (χ1n) is 7.19. The predicted octanol–water partition coefficient (Wildman–Crippen LogP) is 3.59. The van der Waals surface area contributed by atoms with E-state index in [1.807, 2.05) is 6.07 Å². The first-order chi connectivity index (χ1) is 8.93. The van der Waals surface area contributed by atoms with Crippen LogP contribution in [0.25, 0.3) is 0 Å². The van der Waals surface area contributed by atoms with E-state index in [0.717, 1.165) is 37.1 Å². The summed E-state index contributed by atoms with van der Waals surface area (Å²) in [7, 11) is 2.07. The maximum Gasteiger partial charge on any atom is 0.123 e. The van der Waals surface area contributed by atoms with Crippen LogP contribution in [0.5, 0.6) is 0 Å². The highest BCUT2D eigenvalue weighted by atomic mass is 19.1. The van der Waals surface area contributed by atoms with Crippen molar-refractivity contribution in [2.75, 3.05) is 18.5 Å². The van der Waals surface area contributed by atoms with Gasteiger partial charge in [0.05, 0.1) is 0 Å². The number of hydrogen-bond donors (Lipinski definition) is 1. The Bertz CT molecular complexity index is 390. The van der Waals surface area contributed by atoms with E-state index in [-0.39, 0.29) is 11.9 Å². The van der Waals surface area contributed by atoms with Gasteiger partial charge >= 0.3 is 0 Å². The number of rotatable bonds is 7. The Labute approximate surface area is 116 Å². The van der Waals surface area contributed by atoms with Crippen molar-refractivity contribution in [1.29, 1.82) is 0 Å². The molecule has 1 atom stereocenters. The lowest BCUT2D eigenvalue weighted by Crippen LogP contribution is -2.25. The third kappa shape index (κ3) is 5.19. The highest BCUT2D eigenvalue weighted by Crippen LogP contribution is 2.23. The van der Waals surface area contributed by atoms with Crippen molar-refractivity contribution in [2.45, 2.75) is 46.1 Å². The molecule has 0 heterocycles. The first kappa shape index (κ1) is 16.0. The molecule has 0 saturated heterocycles. The zero-order chi connectivity index (χ0) is 14.4. The van der Waals surface area contributed by atoms with Gasteiger partial charge in [-0.25, -0.2) is 4.39 Å². The molecule has 0 spiro atoms. The fourth-order valence-electron chi connectivity index (χ4n) is 2.09. The minimum absolute atomic E-state index is 0.0963. The molecule has 0 fully saturated rings. The van der Waals surface area contributed by atoms with E-state index in [0.29, 0.717) is 5.92 Å². The van der Waals surface area contributed by atoms with Crippen LogP contribution in [0.4, 0.5) is 10.1 Å². The second-order valence-electron chi connectivity index (χ2n) is 5.75. The van der Waals surface area contributed by atoms with Crippen molar-refractivity contribution in [3.8, 4) is 0 Å². The van der Waals surface area contributed by atoms with Crippen LogP contribution in [-0.2, 0) is 6.42 Å². The van der Waals surface area contributed by atoms with Gasteiger partial charge in [-0.1, -0.05) is 20.8 Å². The van der Waals surface area contributed by atoms with Gasteiger partial charge in [-0.05, 0) is 48.9 Å². The van der Waals surface area contributed by atoms with E-state index in [9.17, 15) is 4.39 Å². The van der Waals surface area contributed by atoms with E-state index < -0.39 is 0 Å². The van der Waals surface area contributed by atoms with Gasteiger partial charge in [0.15, 0.2) is 0 Å². The maximum absolute atomic E-state index is 13.4. The van der Waals surface area contributed by atoms with Gasteiger partial charge < -0.3 is 10.6 Å². The summed E-state index contributed by atoms with van der Waals surface area (Å²) in [4.78, 5) is 2.21. The van der Waals surface area contributed by atoms with E-state index in [1.165, 1.54) is 6.07 Å². The SMILES string of the molecule is CCC(N)Cc1cc(F)ccc1N(C)CCC(C)C. The number of anilines is 1. The minimum atomic E-state index is -0.181. The Balaban J connectivity index is 2.85. The van der Waals surface area contributed by atoms with Crippen LogP contribution >= 0.6 is 0 Å². The van der Waals surface area contributed by atoms with Gasteiger partial charge in [-0.2, -0.15) is 0 Å². The van der Waals surface area contributed by atoms with Crippen LogP contribution in [0.2, 0.25) is 0 Å². The molecule has 0 aromatic heterocycles. The van der Waals surface area contributed by atoms with E-state index in [1.54, 1.807) is 6.07 Å². The highest BCUT2D eigenvalue weighted by molar-refractivity contribution is 5.53. The normalized spacial score (nSPS) is 12.8. The molecular formula is C16H27FN2. The van der Waals surface area contributed by atoms with Gasteiger partial charge in [0.1, 0.15) is 5.82 Å². The second kappa shape index (κ2) is 7.49. The van der Waals surface area contributed by atoms with Gasteiger partial charge in [-0.3, -0.25) is 0 Å². The Kier molecular flexibility index (Phi) is 6.29. The van der Waals surface area contributed by atoms with Crippen LogP contribution in [0.1, 0.15) is 39.2 Å². The second-order valence-corrected chi connectivity index (χ2v) is 5.75. The first-order valence-corrected chi connectivity index (χ1v) is 7.19. The van der Waals surface area contributed by atoms with E-state index >= 15 is 0 Å². The summed E-state index contributed by atoms with van der Waals surface area (Å²) >= 11 is 0. The summed E-state index contributed by atoms with van der Waals surface area (Å²) < 4.78 is 13.4. The van der Waals surface area contributed by atoms with E-state index in [2.05, 4.69) is 32.7 Å². The van der Waals surface area contributed by atoms with Crippen LogP contribution in [-0.4, -0.2) is 19.6 Å². The monoisotopic (exact) mass is 266 g/mol. The van der Waals surface area contributed by atoms with Crippen molar-refractivity contribution in [3.05, 3.63) is 29.6 Å². The maximum atomic E-state index is 13.4. The van der Waals surface area contributed by atoms with Gasteiger partial charge in [0.25, 0.3) is 0 Å². The number of benzene rings is 1. The average molecular weight is 266 g/mol. The van der Waals surface area contributed by atoms with Gasteiger partial charge in [0, 0.05) is 25.3 Å². The van der Waals surface area contributed by atoms with Crippen LogP contribution in [0, 0.1) is 11.7 Å². The lowest BCUT2D eigenvalue weighted by atomic mass is 10.0. The highest BCUT2D eigenvalue weighted by Gasteiger charge is 2.12. The number of hydrogen-bond acceptors (Lipinski definition) is 2. The molecule has 2 nitrogen and oxygen atoms in total. The Hall–Kier alpha value is -1.09. The van der Waals surface area contributed by atoms with Crippen molar-refractivity contribution in [2.24, 2.45) is 11.7 Å². The van der Waals surface area contributed by atoms with Crippen molar-refractivity contribution >= 4 is 5.69 Å². The van der Waals surface area contributed by atoms with E-state index in [4.69, 9.17) is 5.73 Å². The van der Waals surface area contributed by atoms with Crippen molar-refractivity contribution in [1.82, 2.24) is 0 Å². The van der Waals surface area contributed by atoms with Crippen LogP contribution < -0.4 is 10.6 Å². The smallest absolute Gasteiger partial charge is 0.123 e. The predicted molar refractivity (Wildman–Crippen MR) is 81.1 cm³/mol. The molecule has 2 N–H and O–H groups in total. The quantitative estimate of drug-likeness (QED) is 0.817. The summed E-state index contributed by atoms with van der Waals surface area (Å²) in [5.74, 6) is 0.489. The zero-order valence-electron chi connectivity index (χ0n) is 12.6. The standard InChI is InChI=1S/C16H27FN2/c1-5-15(18)11-13-10-14(17)6-7-16(13)19(4)9-8-12(2)3/h6-7,10,12,15H,5,8-9,11,18H2,1-4H3. The Morgan fingerprint density at radius 1 is 1.32 bits per heavy atom. The molecule has 0 saturated carbocycles. The summed E-state index contributed by atoms with van der Waals surface area (Å²) in [6, 6.07) is 5.12. The molecule has 0 bridgehead atoms. The minimum Gasteiger partial charge on any atom is -0.374 e. The van der Waals surface area contributed by atoms with Gasteiger partial charge in [-0.15, -0.1) is 0 Å². The summed E-state index contributed by atoms with van der Waals surface area (Å²) in [6.45, 7) is 7.47. The average Bonchev–Trinajstić information content (AvgIpc) is 2.36.